The summed E-state index contributed by atoms with van der Waals surface area (Å²) in [4.78, 5) is 0. The van der Waals surface area contributed by atoms with Crippen LogP contribution in [0.4, 0.5) is 0 Å². The second-order valence-electron chi connectivity index (χ2n) is 4.55. The number of hydrogen-bond donors (Lipinski definition) is 1. The van der Waals surface area contributed by atoms with Crippen LogP contribution in [0.15, 0.2) is 36.4 Å². The van der Waals surface area contributed by atoms with Gasteiger partial charge in [-0.05, 0) is 48.4 Å². The maximum Gasteiger partial charge on any atom is 0.0595 e. The van der Waals surface area contributed by atoms with Gasteiger partial charge in [0.1, 0.15) is 0 Å². The van der Waals surface area contributed by atoms with Crippen LogP contribution in [0, 0.1) is 0 Å². The highest BCUT2D eigenvalue weighted by Crippen LogP contribution is 2.26. The van der Waals surface area contributed by atoms with Gasteiger partial charge < -0.3 is 5.32 Å². The first-order valence-electron chi connectivity index (χ1n) is 6.09. The Morgan fingerprint density at radius 2 is 1.55 bits per heavy atom. The van der Waals surface area contributed by atoms with Crippen molar-refractivity contribution < 1.29 is 0 Å². The van der Waals surface area contributed by atoms with E-state index in [1.165, 1.54) is 0 Å². The summed E-state index contributed by atoms with van der Waals surface area (Å²) in [5, 5.41) is 5.79. The molecule has 2 rings (SSSR count). The molecular weight excluding hydrogens is 336 g/mol. The highest BCUT2D eigenvalue weighted by molar-refractivity contribution is 6.42. The summed E-state index contributed by atoms with van der Waals surface area (Å²) in [7, 11) is 0. The van der Waals surface area contributed by atoms with E-state index in [0.29, 0.717) is 26.6 Å². The molecule has 1 N–H and O–H groups in total. The molecule has 1 atom stereocenters. The van der Waals surface area contributed by atoms with Crippen LogP contribution >= 0.6 is 46.4 Å². The summed E-state index contributed by atoms with van der Waals surface area (Å²) < 4.78 is 0. The molecule has 0 fully saturated rings. The molecule has 1 nitrogen and oxygen atoms in total. The molecule has 0 radical (unpaired) electrons. The average molecular weight is 349 g/mol. The van der Waals surface area contributed by atoms with Gasteiger partial charge in [-0.25, -0.2) is 0 Å². The molecule has 0 spiro atoms. The predicted molar refractivity (Wildman–Crippen MR) is 88.2 cm³/mol. The van der Waals surface area contributed by atoms with Crippen molar-refractivity contribution in [1.29, 1.82) is 0 Å². The van der Waals surface area contributed by atoms with Crippen LogP contribution in [-0.2, 0) is 6.54 Å². The second kappa shape index (κ2) is 7.02. The SMILES string of the molecule is CC(NCc1cc(Cl)cc(Cl)c1)c1ccc(Cl)c(Cl)c1. The summed E-state index contributed by atoms with van der Waals surface area (Å²) in [6, 6.07) is 11.3. The van der Waals surface area contributed by atoms with Crippen molar-refractivity contribution in [3.05, 3.63) is 67.6 Å². The lowest BCUT2D eigenvalue weighted by atomic mass is 10.1. The summed E-state index contributed by atoms with van der Waals surface area (Å²) in [6.45, 7) is 2.73. The average Bonchev–Trinajstić information content (AvgIpc) is 2.38. The summed E-state index contributed by atoms with van der Waals surface area (Å²) in [5.41, 5.74) is 2.11. The van der Waals surface area contributed by atoms with E-state index >= 15 is 0 Å². The first-order chi connectivity index (χ1) is 9.45. The quantitative estimate of drug-likeness (QED) is 0.698. The topological polar surface area (TPSA) is 12.0 Å². The zero-order chi connectivity index (χ0) is 14.7. The first-order valence-corrected chi connectivity index (χ1v) is 7.60. The molecule has 0 aromatic heterocycles. The van der Waals surface area contributed by atoms with Crippen molar-refractivity contribution in [2.45, 2.75) is 19.5 Å². The molecule has 0 aliphatic carbocycles. The van der Waals surface area contributed by atoms with Crippen LogP contribution in [0.25, 0.3) is 0 Å². The molecule has 2 aromatic carbocycles. The Kier molecular flexibility index (Phi) is 5.59. The van der Waals surface area contributed by atoms with Crippen LogP contribution in [-0.4, -0.2) is 0 Å². The Bertz CT molecular complexity index is 593. The fraction of sp³-hybridized carbons (Fsp3) is 0.200. The van der Waals surface area contributed by atoms with Crippen molar-refractivity contribution in [2.75, 3.05) is 0 Å². The van der Waals surface area contributed by atoms with Gasteiger partial charge in [-0.3, -0.25) is 0 Å². The second-order valence-corrected chi connectivity index (χ2v) is 6.24. The van der Waals surface area contributed by atoms with E-state index in [0.717, 1.165) is 11.1 Å². The molecule has 1 unspecified atom stereocenters. The third-order valence-electron chi connectivity index (χ3n) is 2.98. The smallest absolute Gasteiger partial charge is 0.0595 e. The monoisotopic (exact) mass is 347 g/mol. The Morgan fingerprint density at radius 3 is 2.15 bits per heavy atom. The van der Waals surface area contributed by atoms with Crippen molar-refractivity contribution in [1.82, 2.24) is 5.32 Å². The molecule has 0 aliphatic heterocycles. The van der Waals surface area contributed by atoms with Crippen LogP contribution in [0.2, 0.25) is 20.1 Å². The van der Waals surface area contributed by atoms with E-state index in [4.69, 9.17) is 46.4 Å². The van der Waals surface area contributed by atoms with E-state index in [9.17, 15) is 0 Å². The number of nitrogens with one attached hydrogen (secondary N) is 1. The minimum atomic E-state index is 0.141. The predicted octanol–water partition coefficient (Wildman–Crippen LogP) is 6.15. The molecule has 0 saturated heterocycles. The fourth-order valence-corrected chi connectivity index (χ4v) is 2.76. The highest BCUT2D eigenvalue weighted by Gasteiger charge is 2.08. The van der Waals surface area contributed by atoms with Crippen molar-refractivity contribution >= 4 is 46.4 Å². The lowest BCUT2D eigenvalue weighted by Crippen LogP contribution is -2.18. The van der Waals surface area contributed by atoms with Gasteiger partial charge >= 0.3 is 0 Å². The summed E-state index contributed by atoms with van der Waals surface area (Å²) in [6.07, 6.45) is 0. The van der Waals surface area contributed by atoms with E-state index in [2.05, 4.69) is 12.2 Å². The molecule has 0 amide bonds. The Labute approximate surface area is 138 Å². The van der Waals surface area contributed by atoms with Gasteiger partial charge in [0.2, 0.25) is 0 Å². The van der Waals surface area contributed by atoms with Gasteiger partial charge in [0.05, 0.1) is 10.0 Å². The Morgan fingerprint density at radius 1 is 0.900 bits per heavy atom. The maximum atomic E-state index is 6.02. The largest absolute Gasteiger partial charge is 0.306 e. The van der Waals surface area contributed by atoms with E-state index in [1.54, 1.807) is 12.1 Å². The van der Waals surface area contributed by atoms with E-state index in [1.807, 2.05) is 24.3 Å². The zero-order valence-corrected chi connectivity index (χ0v) is 13.8. The maximum absolute atomic E-state index is 6.02. The lowest BCUT2D eigenvalue weighted by Gasteiger charge is -2.15. The molecule has 2 aromatic rings. The molecule has 5 heteroatoms. The minimum Gasteiger partial charge on any atom is -0.306 e. The third kappa shape index (κ3) is 4.28. The van der Waals surface area contributed by atoms with Gasteiger partial charge in [-0.1, -0.05) is 52.5 Å². The molecular formula is C15H13Cl4N. The van der Waals surface area contributed by atoms with Crippen LogP contribution in [0.1, 0.15) is 24.1 Å². The van der Waals surface area contributed by atoms with Gasteiger partial charge in [-0.2, -0.15) is 0 Å². The fourth-order valence-electron chi connectivity index (χ4n) is 1.88. The highest BCUT2D eigenvalue weighted by atomic mass is 35.5. The normalized spacial score (nSPS) is 12.4. The molecule has 0 heterocycles. The van der Waals surface area contributed by atoms with Crippen molar-refractivity contribution in [3.63, 3.8) is 0 Å². The van der Waals surface area contributed by atoms with Crippen LogP contribution in [0.3, 0.4) is 0 Å². The molecule has 20 heavy (non-hydrogen) atoms. The Balaban J connectivity index is 2.04. The van der Waals surface area contributed by atoms with E-state index < -0.39 is 0 Å². The molecule has 106 valence electrons. The van der Waals surface area contributed by atoms with Crippen LogP contribution in [0.5, 0.6) is 0 Å². The Hall–Kier alpha value is -0.440. The number of rotatable bonds is 4. The summed E-state index contributed by atoms with van der Waals surface area (Å²) in [5.74, 6) is 0. The third-order valence-corrected chi connectivity index (χ3v) is 4.15. The van der Waals surface area contributed by atoms with Crippen LogP contribution < -0.4 is 5.32 Å². The van der Waals surface area contributed by atoms with Gasteiger partial charge in [0.25, 0.3) is 0 Å². The summed E-state index contributed by atoms with van der Waals surface area (Å²) >= 11 is 23.9. The molecule has 0 saturated carbocycles. The van der Waals surface area contributed by atoms with E-state index in [-0.39, 0.29) is 6.04 Å². The molecule has 0 bridgehead atoms. The first kappa shape index (κ1) is 15.9. The minimum absolute atomic E-state index is 0.141. The number of benzene rings is 2. The van der Waals surface area contributed by atoms with Gasteiger partial charge in [-0.15, -0.1) is 0 Å². The van der Waals surface area contributed by atoms with Gasteiger partial charge in [0, 0.05) is 22.6 Å². The van der Waals surface area contributed by atoms with Crippen molar-refractivity contribution in [3.8, 4) is 0 Å². The van der Waals surface area contributed by atoms with Crippen molar-refractivity contribution in [2.24, 2.45) is 0 Å². The lowest BCUT2D eigenvalue weighted by molar-refractivity contribution is 0.575. The zero-order valence-electron chi connectivity index (χ0n) is 10.8. The number of halogens is 4. The van der Waals surface area contributed by atoms with Gasteiger partial charge in [0.15, 0.2) is 0 Å². The standard InChI is InChI=1S/C15H13Cl4N/c1-9(11-2-3-14(18)15(19)6-11)20-8-10-4-12(16)7-13(17)5-10/h2-7,9,20H,8H2,1H3. The number of hydrogen-bond acceptors (Lipinski definition) is 1. The molecule has 0 aliphatic rings.